The number of carbonyl (C=O) groups excluding carboxylic acids is 1. The summed E-state index contributed by atoms with van der Waals surface area (Å²) < 4.78 is 5.58. The van der Waals surface area contributed by atoms with Crippen LogP contribution in [0.3, 0.4) is 0 Å². The number of nitrogens with one attached hydrogen (secondary N) is 2. The second-order valence-electron chi connectivity index (χ2n) is 6.66. The van der Waals surface area contributed by atoms with E-state index in [4.69, 9.17) is 4.74 Å². The highest BCUT2D eigenvalue weighted by Crippen LogP contribution is 2.32. The highest BCUT2D eigenvalue weighted by Gasteiger charge is 2.42. The zero-order valence-corrected chi connectivity index (χ0v) is 14.9. The van der Waals surface area contributed by atoms with Gasteiger partial charge in [0.2, 0.25) is 5.91 Å². The number of hydrogen-bond acceptors (Lipinski definition) is 5. The highest BCUT2D eigenvalue weighted by atomic mass is 16.5. The van der Waals surface area contributed by atoms with Gasteiger partial charge in [-0.1, -0.05) is 18.2 Å². The fourth-order valence-corrected chi connectivity index (χ4v) is 3.31. The Labute approximate surface area is 153 Å². The van der Waals surface area contributed by atoms with Crippen molar-refractivity contribution in [1.82, 2.24) is 15.6 Å². The summed E-state index contributed by atoms with van der Waals surface area (Å²) >= 11 is 0. The lowest BCUT2D eigenvalue weighted by molar-refractivity contribution is -0.131. The molecule has 0 spiro atoms. The number of pyridine rings is 1. The van der Waals surface area contributed by atoms with Gasteiger partial charge < -0.3 is 20.5 Å². The van der Waals surface area contributed by atoms with Crippen LogP contribution in [0.5, 0.6) is 5.75 Å². The third kappa shape index (κ3) is 4.20. The van der Waals surface area contributed by atoms with Gasteiger partial charge >= 0.3 is 0 Å². The van der Waals surface area contributed by atoms with Crippen molar-refractivity contribution in [2.75, 3.05) is 19.7 Å². The number of benzene rings is 1. The molecule has 3 N–H and O–H groups in total. The summed E-state index contributed by atoms with van der Waals surface area (Å²) in [7, 11) is 0. The first-order chi connectivity index (χ1) is 12.6. The molecular formula is C20H25N3O3. The lowest BCUT2D eigenvalue weighted by atomic mass is 9.75. The van der Waals surface area contributed by atoms with E-state index in [1.165, 1.54) is 0 Å². The molecule has 6 heteroatoms. The van der Waals surface area contributed by atoms with Gasteiger partial charge in [0, 0.05) is 6.20 Å². The number of amides is 1. The molecule has 26 heavy (non-hydrogen) atoms. The van der Waals surface area contributed by atoms with Crippen molar-refractivity contribution >= 4 is 5.91 Å². The lowest BCUT2D eigenvalue weighted by Gasteiger charge is -2.36. The van der Waals surface area contributed by atoms with Crippen LogP contribution < -0.4 is 15.4 Å². The first-order valence-corrected chi connectivity index (χ1v) is 8.91. The maximum atomic E-state index is 13.0. The van der Waals surface area contributed by atoms with Gasteiger partial charge in [0.05, 0.1) is 11.1 Å². The van der Waals surface area contributed by atoms with Crippen LogP contribution in [0, 0.1) is 6.92 Å². The minimum Gasteiger partial charge on any atom is -0.489 e. The molecule has 1 saturated heterocycles. The second-order valence-corrected chi connectivity index (χ2v) is 6.66. The Morgan fingerprint density at radius 1 is 1.31 bits per heavy atom. The van der Waals surface area contributed by atoms with E-state index in [0.717, 1.165) is 24.3 Å². The van der Waals surface area contributed by atoms with E-state index in [1.807, 2.05) is 49.4 Å². The Balaban J connectivity index is 1.66. The maximum Gasteiger partial charge on any atom is 0.234 e. The lowest BCUT2D eigenvalue weighted by Crippen LogP contribution is -2.54. The van der Waals surface area contributed by atoms with Crippen LogP contribution in [0.2, 0.25) is 0 Å². The number of aliphatic hydroxyl groups excluding tert-OH is 1. The topological polar surface area (TPSA) is 83.5 Å². The third-order valence-corrected chi connectivity index (χ3v) is 4.74. The maximum absolute atomic E-state index is 13.0. The number of rotatable bonds is 6. The van der Waals surface area contributed by atoms with Crippen LogP contribution in [0.4, 0.5) is 0 Å². The summed E-state index contributed by atoms with van der Waals surface area (Å²) in [5.41, 5.74) is 1.09. The molecule has 0 aliphatic carbocycles. The minimum absolute atomic E-state index is 0.00819. The second kappa shape index (κ2) is 8.29. The van der Waals surface area contributed by atoms with Crippen molar-refractivity contribution in [3.63, 3.8) is 0 Å². The summed E-state index contributed by atoms with van der Waals surface area (Å²) in [6.07, 6.45) is 1.89. The number of aryl methyl sites for hydroxylation is 1. The first kappa shape index (κ1) is 18.4. The molecule has 1 amide bonds. The minimum atomic E-state index is -1.08. The average molecular weight is 355 g/mol. The number of carbonyl (C=O) groups is 1. The molecule has 1 aromatic heterocycles. The largest absolute Gasteiger partial charge is 0.489 e. The first-order valence-electron chi connectivity index (χ1n) is 8.91. The van der Waals surface area contributed by atoms with Gasteiger partial charge in [0.25, 0.3) is 0 Å². The van der Waals surface area contributed by atoms with Gasteiger partial charge in [-0.15, -0.1) is 0 Å². The molecule has 1 atom stereocenters. The monoisotopic (exact) mass is 355 g/mol. The summed E-state index contributed by atoms with van der Waals surface area (Å²) in [4.78, 5) is 17.4. The van der Waals surface area contributed by atoms with E-state index >= 15 is 0 Å². The quantitative estimate of drug-likeness (QED) is 0.685. The van der Waals surface area contributed by atoms with E-state index < -0.39 is 11.6 Å². The van der Waals surface area contributed by atoms with Gasteiger partial charge in [-0.2, -0.15) is 0 Å². The van der Waals surface area contributed by atoms with Gasteiger partial charge in [-0.3, -0.25) is 9.78 Å². The van der Waals surface area contributed by atoms with Gasteiger partial charge in [-0.05, 0) is 62.7 Å². The molecule has 0 radical (unpaired) electrons. The van der Waals surface area contributed by atoms with Crippen molar-refractivity contribution in [1.29, 1.82) is 0 Å². The Morgan fingerprint density at radius 3 is 2.81 bits per heavy atom. The summed E-state index contributed by atoms with van der Waals surface area (Å²) in [6, 6.07) is 13.2. The van der Waals surface area contributed by atoms with E-state index in [1.54, 1.807) is 6.20 Å². The van der Waals surface area contributed by atoms with E-state index in [-0.39, 0.29) is 12.5 Å². The molecule has 1 aromatic carbocycles. The molecule has 1 fully saturated rings. The molecular weight excluding hydrogens is 330 g/mol. The van der Waals surface area contributed by atoms with Crippen molar-refractivity contribution in [3.8, 4) is 5.75 Å². The molecule has 2 aromatic rings. The third-order valence-electron chi connectivity index (χ3n) is 4.74. The van der Waals surface area contributed by atoms with Crippen LogP contribution >= 0.6 is 0 Å². The Bertz CT molecular complexity index is 730. The molecule has 0 saturated carbocycles. The predicted octanol–water partition coefficient (Wildman–Crippen LogP) is 1.52. The zero-order valence-electron chi connectivity index (χ0n) is 14.9. The van der Waals surface area contributed by atoms with E-state index in [0.29, 0.717) is 18.6 Å². The summed E-state index contributed by atoms with van der Waals surface area (Å²) in [5.74, 6) is 0.456. The van der Waals surface area contributed by atoms with Crippen LogP contribution in [0.1, 0.15) is 24.1 Å². The number of aromatic nitrogens is 1. The highest BCUT2D eigenvalue weighted by molar-refractivity contribution is 5.88. The molecule has 2 heterocycles. The van der Waals surface area contributed by atoms with Crippen molar-refractivity contribution in [3.05, 3.63) is 59.9 Å². The van der Waals surface area contributed by atoms with Gasteiger partial charge in [0.1, 0.15) is 12.4 Å². The van der Waals surface area contributed by atoms with Crippen molar-refractivity contribution in [2.24, 2.45) is 0 Å². The van der Waals surface area contributed by atoms with Crippen LogP contribution in [0.15, 0.2) is 48.7 Å². The molecule has 6 nitrogen and oxygen atoms in total. The molecule has 1 aliphatic heterocycles. The fraction of sp³-hybridized carbons (Fsp3) is 0.400. The van der Waals surface area contributed by atoms with E-state index in [2.05, 4.69) is 15.6 Å². The molecule has 1 aliphatic rings. The summed E-state index contributed by atoms with van der Waals surface area (Å²) in [5, 5.41) is 16.2. The number of ether oxygens (including phenoxy) is 1. The standard InChI is InChI=1S/C20H25N3O3/c1-15-5-4-6-16(13-15)26-14-18(24)23-19(25)20(8-11-21-12-9-20)17-7-2-3-10-22-17/h2-7,10,13,18,21,24H,8-9,11-12,14H2,1H3,(H,23,25). The Morgan fingerprint density at radius 2 is 2.12 bits per heavy atom. The molecule has 3 rings (SSSR count). The number of piperidine rings is 1. The Kier molecular flexibility index (Phi) is 5.85. The summed E-state index contributed by atoms with van der Waals surface area (Å²) in [6.45, 7) is 3.43. The molecule has 1 unspecified atom stereocenters. The smallest absolute Gasteiger partial charge is 0.234 e. The van der Waals surface area contributed by atoms with Gasteiger partial charge in [0.15, 0.2) is 6.23 Å². The van der Waals surface area contributed by atoms with Crippen LogP contribution in [-0.4, -0.2) is 41.9 Å². The SMILES string of the molecule is Cc1cccc(OCC(O)NC(=O)C2(c3ccccn3)CCNCC2)c1. The van der Waals surface area contributed by atoms with Crippen molar-refractivity contribution < 1.29 is 14.6 Å². The zero-order chi connectivity index (χ0) is 18.4. The molecule has 0 bridgehead atoms. The number of hydrogen-bond donors (Lipinski definition) is 3. The fourth-order valence-electron chi connectivity index (χ4n) is 3.31. The Hall–Kier alpha value is -2.44. The van der Waals surface area contributed by atoms with Gasteiger partial charge in [-0.25, -0.2) is 0 Å². The average Bonchev–Trinajstić information content (AvgIpc) is 2.67. The van der Waals surface area contributed by atoms with Crippen molar-refractivity contribution in [2.45, 2.75) is 31.4 Å². The normalized spacial score (nSPS) is 17.3. The predicted molar refractivity (Wildman–Crippen MR) is 98.8 cm³/mol. The van der Waals surface area contributed by atoms with E-state index in [9.17, 15) is 9.90 Å². The van der Waals surface area contributed by atoms with Crippen LogP contribution in [0.25, 0.3) is 0 Å². The number of nitrogens with zero attached hydrogens (tertiary/aromatic N) is 1. The number of aliphatic hydroxyl groups is 1. The van der Waals surface area contributed by atoms with Crippen LogP contribution in [-0.2, 0) is 10.2 Å². The molecule has 138 valence electrons.